The predicted octanol–water partition coefficient (Wildman–Crippen LogP) is 1.21. The first-order valence-corrected chi connectivity index (χ1v) is 6.78. The van der Waals surface area contributed by atoms with E-state index in [0.717, 1.165) is 22.1 Å². The normalized spacial score (nSPS) is 13.7. The fourth-order valence-corrected chi connectivity index (χ4v) is 2.84. The van der Waals surface area contributed by atoms with Gasteiger partial charge in [0.2, 0.25) is 0 Å². The van der Waals surface area contributed by atoms with Crippen LogP contribution in [0.25, 0.3) is 16.5 Å². The lowest BCUT2D eigenvalue weighted by atomic mass is 9.79. The van der Waals surface area contributed by atoms with Crippen LogP contribution in [0.5, 0.6) is 0 Å². The maximum absolute atomic E-state index is 12.7. The Kier molecular flexibility index (Phi) is 2.70. The summed E-state index contributed by atoms with van der Waals surface area (Å²) in [5.74, 6) is 0. The predicted molar refractivity (Wildman–Crippen MR) is 81.9 cm³/mol. The topological polar surface area (TPSA) is 51.5 Å². The van der Waals surface area contributed by atoms with E-state index in [4.69, 9.17) is 4.65 Å². The van der Waals surface area contributed by atoms with Crippen LogP contribution in [0.4, 0.5) is 0 Å². The molecule has 0 saturated heterocycles. The van der Waals surface area contributed by atoms with Crippen molar-refractivity contribution in [3.63, 3.8) is 0 Å². The number of hydrogen-bond acceptors (Lipinski definition) is 3. The van der Waals surface area contributed by atoms with E-state index in [-0.39, 0.29) is 5.56 Å². The fraction of sp³-hybridized carbons (Fsp3) is 0.0625. The third kappa shape index (κ3) is 1.82. The molecule has 5 heteroatoms. The summed E-state index contributed by atoms with van der Waals surface area (Å²) in [4.78, 5) is 12.7. The highest BCUT2D eigenvalue weighted by molar-refractivity contribution is 6.61. The summed E-state index contributed by atoms with van der Waals surface area (Å²) in [5, 5.41) is 11.4. The van der Waals surface area contributed by atoms with Gasteiger partial charge in [0, 0.05) is 17.1 Å². The van der Waals surface area contributed by atoms with Gasteiger partial charge in [-0.25, -0.2) is 0 Å². The second-order valence-corrected chi connectivity index (χ2v) is 5.09. The highest BCUT2D eigenvalue weighted by Crippen LogP contribution is 2.19. The van der Waals surface area contributed by atoms with Gasteiger partial charge in [-0.15, -0.1) is 0 Å². The van der Waals surface area contributed by atoms with Crippen LogP contribution in [0.1, 0.15) is 5.56 Å². The SMILES string of the molecule is O=c1c2ccccc2ccn1-c1cccc2c1COB2O. The molecule has 4 rings (SSSR count). The van der Waals surface area contributed by atoms with Crippen molar-refractivity contribution >= 4 is 23.4 Å². The number of rotatable bonds is 1. The molecule has 0 radical (unpaired) electrons. The molecule has 0 aliphatic carbocycles. The largest absolute Gasteiger partial charge is 0.491 e. The minimum atomic E-state index is -0.906. The molecule has 0 unspecified atom stereocenters. The maximum Gasteiger partial charge on any atom is 0.491 e. The maximum atomic E-state index is 12.7. The fourth-order valence-electron chi connectivity index (χ4n) is 2.84. The molecule has 3 aromatic rings. The van der Waals surface area contributed by atoms with Crippen LogP contribution in [0.3, 0.4) is 0 Å². The molecule has 1 aliphatic rings. The van der Waals surface area contributed by atoms with E-state index in [1.807, 2.05) is 48.5 Å². The van der Waals surface area contributed by atoms with Crippen molar-refractivity contribution in [2.45, 2.75) is 6.61 Å². The van der Waals surface area contributed by atoms with Crippen LogP contribution in [0.15, 0.2) is 59.5 Å². The van der Waals surface area contributed by atoms with Gasteiger partial charge >= 0.3 is 7.12 Å². The molecule has 1 aromatic heterocycles. The second kappa shape index (κ2) is 4.58. The molecule has 1 N–H and O–H groups in total. The number of nitrogens with zero attached hydrogens (tertiary/aromatic N) is 1. The lowest BCUT2D eigenvalue weighted by Gasteiger charge is -2.11. The van der Waals surface area contributed by atoms with Gasteiger partial charge in [0.05, 0.1) is 12.3 Å². The summed E-state index contributed by atoms with van der Waals surface area (Å²) < 4.78 is 6.87. The summed E-state index contributed by atoms with van der Waals surface area (Å²) in [6.07, 6.45) is 1.77. The number of benzene rings is 2. The van der Waals surface area contributed by atoms with E-state index in [0.29, 0.717) is 12.0 Å². The number of pyridine rings is 1. The molecule has 0 saturated carbocycles. The molecular formula is C16H12BNO3. The number of aromatic nitrogens is 1. The van der Waals surface area contributed by atoms with Crippen molar-refractivity contribution in [1.29, 1.82) is 0 Å². The first-order valence-electron chi connectivity index (χ1n) is 6.78. The van der Waals surface area contributed by atoms with E-state index >= 15 is 0 Å². The highest BCUT2D eigenvalue weighted by Gasteiger charge is 2.29. The Morgan fingerprint density at radius 1 is 1.10 bits per heavy atom. The van der Waals surface area contributed by atoms with Gasteiger partial charge in [-0.05, 0) is 29.0 Å². The Labute approximate surface area is 121 Å². The van der Waals surface area contributed by atoms with Gasteiger partial charge in [-0.1, -0.05) is 30.3 Å². The first kappa shape index (κ1) is 12.4. The van der Waals surface area contributed by atoms with E-state index in [1.54, 1.807) is 10.8 Å². The van der Waals surface area contributed by atoms with Crippen LogP contribution >= 0.6 is 0 Å². The molecular weight excluding hydrogens is 265 g/mol. The first-order chi connectivity index (χ1) is 10.3. The smallest absolute Gasteiger partial charge is 0.423 e. The van der Waals surface area contributed by atoms with Crippen molar-refractivity contribution in [2.24, 2.45) is 0 Å². The molecule has 0 spiro atoms. The molecule has 1 aliphatic heterocycles. The van der Waals surface area contributed by atoms with Crippen LogP contribution in [-0.2, 0) is 11.3 Å². The monoisotopic (exact) mass is 277 g/mol. The van der Waals surface area contributed by atoms with Crippen molar-refractivity contribution in [3.8, 4) is 5.69 Å². The minimum Gasteiger partial charge on any atom is -0.423 e. The standard InChI is InChI=1S/C16H12BNO3/c19-16-12-5-2-1-4-11(12)8-9-18(16)15-7-3-6-14-13(15)10-21-17(14)20/h1-9,20H,10H2. The number of fused-ring (bicyclic) bond motifs is 2. The Morgan fingerprint density at radius 3 is 2.86 bits per heavy atom. The Bertz CT molecular complexity index is 903. The van der Waals surface area contributed by atoms with Gasteiger partial charge in [0.25, 0.3) is 5.56 Å². The van der Waals surface area contributed by atoms with Crippen LogP contribution in [0.2, 0.25) is 0 Å². The molecule has 0 atom stereocenters. The molecule has 4 nitrogen and oxygen atoms in total. The van der Waals surface area contributed by atoms with Gasteiger partial charge in [0.15, 0.2) is 0 Å². The molecule has 102 valence electrons. The van der Waals surface area contributed by atoms with Gasteiger partial charge in [-0.3, -0.25) is 9.36 Å². The molecule has 21 heavy (non-hydrogen) atoms. The van der Waals surface area contributed by atoms with E-state index in [9.17, 15) is 9.82 Å². The van der Waals surface area contributed by atoms with Gasteiger partial charge in [0.1, 0.15) is 0 Å². The third-order valence-corrected chi connectivity index (χ3v) is 3.91. The lowest BCUT2D eigenvalue weighted by molar-refractivity contribution is 0.275. The average molecular weight is 277 g/mol. The Balaban J connectivity index is 2.00. The molecule has 0 amide bonds. The van der Waals surface area contributed by atoms with Crippen molar-refractivity contribution in [3.05, 3.63) is 70.6 Å². The zero-order chi connectivity index (χ0) is 14.4. The molecule has 0 bridgehead atoms. The van der Waals surface area contributed by atoms with Gasteiger partial charge in [-0.2, -0.15) is 0 Å². The third-order valence-electron chi connectivity index (χ3n) is 3.91. The number of hydrogen-bond donors (Lipinski definition) is 1. The van der Waals surface area contributed by atoms with Crippen LogP contribution in [0, 0.1) is 0 Å². The van der Waals surface area contributed by atoms with E-state index < -0.39 is 7.12 Å². The summed E-state index contributed by atoms with van der Waals surface area (Å²) >= 11 is 0. The van der Waals surface area contributed by atoms with Crippen molar-refractivity contribution in [2.75, 3.05) is 0 Å². The van der Waals surface area contributed by atoms with Crippen molar-refractivity contribution < 1.29 is 9.68 Å². The molecule has 2 aromatic carbocycles. The quantitative estimate of drug-likeness (QED) is 0.680. The summed E-state index contributed by atoms with van der Waals surface area (Å²) in [6, 6.07) is 15.0. The Hall–Kier alpha value is -2.37. The van der Waals surface area contributed by atoms with Crippen LogP contribution < -0.4 is 11.0 Å². The van der Waals surface area contributed by atoms with Crippen LogP contribution in [-0.4, -0.2) is 16.7 Å². The zero-order valence-electron chi connectivity index (χ0n) is 11.2. The zero-order valence-corrected chi connectivity index (χ0v) is 11.2. The molecule has 0 fully saturated rings. The average Bonchev–Trinajstić information content (AvgIpc) is 2.90. The minimum absolute atomic E-state index is 0.0668. The Morgan fingerprint density at radius 2 is 1.95 bits per heavy atom. The van der Waals surface area contributed by atoms with Crippen molar-refractivity contribution in [1.82, 2.24) is 4.57 Å². The summed E-state index contributed by atoms with van der Waals surface area (Å²) in [5.41, 5.74) is 2.29. The summed E-state index contributed by atoms with van der Waals surface area (Å²) in [7, 11) is -0.906. The van der Waals surface area contributed by atoms with E-state index in [2.05, 4.69) is 0 Å². The van der Waals surface area contributed by atoms with Gasteiger partial charge < -0.3 is 9.68 Å². The van der Waals surface area contributed by atoms with E-state index in [1.165, 1.54) is 0 Å². The lowest BCUT2D eigenvalue weighted by Crippen LogP contribution is -2.29. The summed E-state index contributed by atoms with van der Waals surface area (Å²) in [6.45, 7) is 0.311. The highest BCUT2D eigenvalue weighted by atomic mass is 16.5. The second-order valence-electron chi connectivity index (χ2n) is 5.09. The molecule has 2 heterocycles.